The first-order valence-electron chi connectivity index (χ1n) is 7.35. The van der Waals surface area contributed by atoms with Crippen LogP contribution in [-0.2, 0) is 18.6 Å². The highest BCUT2D eigenvalue weighted by Crippen LogP contribution is 2.28. The Kier molecular flexibility index (Phi) is 4.73. The summed E-state index contributed by atoms with van der Waals surface area (Å²) in [6, 6.07) is 8.41. The summed E-state index contributed by atoms with van der Waals surface area (Å²) in [5, 5.41) is 3.10. The van der Waals surface area contributed by atoms with Gasteiger partial charge >= 0.3 is 0 Å². The van der Waals surface area contributed by atoms with Crippen LogP contribution in [0.3, 0.4) is 0 Å². The molecule has 2 rings (SSSR count). The maximum atomic E-state index is 5.87. The van der Waals surface area contributed by atoms with Gasteiger partial charge in [-0.25, -0.2) is 0 Å². The van der Waals surface area contributed by atoms with Crippen molar-refractivity contribution in [2.75, 3.05) is 7.05 Å². The van der Waals surface area contributed by atoms with Crippen LogP contribution < -0.4 is 10.1 Å². The molecule has 0 saturated carbocycles. The van der Waals surface area contributed by atoms with E-state index in [1.165, 1.54) is 5.56 Å². The molecule has 1 aromatic heterocycles. The smallest absolute Gasteiger partial charge is 0.146 e. The van der Waals surface area contributed by atoms with Crippen LogP contribution in [0, 0.1) is 6.92 Å². The van der Waals surface area contributed by atoms with E-state index in [9.17, 15) is 0 Å². The van der Waals surface area contributed by atoms with Crippen LogP contribution in [0.2, 0.25) is 0 Å². The fraction of sp³-hybridized carbons (Fsp3) is 0.444. The van der Waals surface area contributed by atoms with Crippen LogP contribution in [0.4, 0.5) is 0 Å². The minimum Gasteiger partial charge on any atom is -0.485 e. The summed E-state index contributed by atoms with van der Waals surface area (Å²) >= 11 is 0. The van der Waals surface area contributed by atoms with Crippen LogP contribution in [-0.4, -0.2) is 7.05 Å². The molecule has 0 aliphatic rings. The lowest BCUT2D eigenvalue weighted by atomic mass is 9.86. The molecule has 1 aromatic carbocycles. The summed E-state index contributed by atoms with van der Waals surface area (Å²) in [5.41, 5.74) is 3.77. The third-order valence-corrected chi connectivity index (χ3v) is 3.50. The first-order chi connectivity index (χ1) is 9.90. The van der Waals surface area contributed by atoms with Crippen molar-refractivity contribution in [2.45, 2.75) is 46.3 Å². The van der Waals surface area contributed by atoms with Gasteiger partial charge in [0.2, 0.25) is 0 Å². The molecule has 1 N–H and O–H groups in total. The lowest BCUT2D eigenvalue weighted by molar-refractivity contribution is 0.268. The first-order valence-corrected chi connectivity index (χ1v) is 7.35. The minimum atomic E-state index is 0.159. The van der Waals surface area contributed by atoms with Gasteiger partial charge < -0.3 is 14.5 Å². The van der Waals surface area contributed by atoms with Crippen LogP contribution in [0.5, 0.6) is 5.75 Å². The molecule has 0 aliphatic carbocycles. The van der Waals surface area contributed by atoms with E-state index in [1.54, 1.807) is 6.26 Å². The minimum absolute atomic E-state index is 0.159. The number of furan rings is 1. The van der Waals surface area contributed by atoms with Gasteiger partial charge in [0.05, 0.1) is 6.26 Å². The van der Waals surface area contributed by atoms with Crippen molar-refractivity contribution in [1.82, 2.24) is 5.32 Å². The Labute approximate surface area is 127 Å². The lowest BCUT2D eigenvalue weighted by Crippen LogP contribution is -2.11. The molecule has 0 radical (unpaired) electrons. The number of hydrogen-bond donors (Lipinski definition) is 1. The highest BCUT2D eigenvalue weighted by atomic mass is 16.5. The zero-order chi connectivity index (χ0) is 15.5. The fourth-order valence-electron chi connectivity index (χ4n) is 2.23. The standard InChI is InChI=1S/C18H25NO2/c1-13-8-15(18(2,3)4)6-7-17(13)21-12-16-9-14(10-19-5)11-20-16/h6-9,11,19H,10,12H2,1-5H3. The molecule has 114 valence electrons. The Bertz CT molecular complexity index is 594. The second-order valence-corrected chi connectivity index (χ2v) is 6.47. The van der Waals surface area contributed by atoms with Crippen molar-refractivity contribution in [2.24, 2.45) is 0 Å². The second-order valence-electron chi connectivity index (χ2n) is 6.47. The average molecular weight is 287 g/mol. The highest BCUT2D eigenvalue weighted by molar-refractivity contribution is 5.38. The predicted octanol–water partition coefficient (Wildman–Crippen LogP) is 4.18. The van der Waals surface area contributed by atoms with Gasteiger partial charge in [-0.3, -0.25) is 0 Å². The SMILES string of the molecule is CNCc1coc(COc2ccc(C(C)(C)C)cc2C)c1. The number of aryl methyl sites for hydroxylation is 1. The van der Waals surface area contributed by atoms with Crippen LogP contribution >= 0.6 is 0 Å². The molecule has 0 unspecified atom stereocenters. The van der Waals surface area contributed by atoms with Crippen molar-refractivity contribution >= 4 is 0 Å². The Morgan fingerprint density at radius 1 is 1.19 bits per heavy atom. The predicted molar refractivity (Wildman–Crippen MR) is 85.7 cm³/mol. The van der Waals surface area contributed by atoms with Gasteiger partial charge in [-0.1, -0.05) is 32.9 Å². The normalized spacial score (nSPS) is 11.7. The van der Waals surface area contributed by atoms with E-state index in [4.69, 9.17) is 9.15 Å². The third-order valence-electron chi connectivity index (χ3n) is 3.50. The average Bonchev–Trinajstić information content (AvgIpc) is 2.84. The summed E-state index contributed by atoms with van der Waals surface area (Å²) in [6.45, 7) is 10.00. The van der Waals surface area contributed by atoms with E-state index in [0.717, 1.165) is 29.2 Å². The molecule has 1 heterocycles. The zero-order valence-corrected chi connectivity index (χ0v) is 13.6. The highest BCUT2D eigenvalue weighted by Gasteiger charge is 2.14. The van der Waals surface area contributed by atoms with E-state index in [2.05, 4.69) is 45.1 Å². The Morgan fingerprint density at radius 2 is 1.95 bits per heavy atom. The van der Waals surface area contributed by atoms with Gasteiger partial charge in [-0.05, 0) is 42.6 Å². The summed E-state index contributed by atoms with van der Waals surface area (Å²) < 4.78 is 11.4. The van der Waals surface area contributed by atoms with Gasteiger partial charge in [-0.2, -0.15) is 0 Å². The van der Waals surface area contributed by atoms with E-state index in [0.29, 0.717) is 6.61 Å². The van der Waals surface area contributed by atoms with Crippen molar-refractivity contribution in [3.8, 4) is 5.75 Å². The molecule has 21 heavy (non-hydrogen) atoms. The molecular weight excluding hydrogens is 262 g/mol. The molecule has 0 atom stereocenters. The van der Waals surface area contributed by atoms with Gasteiger partial charge in [0.25, 0.3) is 0 Å². The largest absolute Gasteiger partial charge is 0.485 e. The molecule has 3 heteroatoms. The van der Waals surface area contributed by atoms with Crippen molar-refractivity contribution < 1.29 is 9.15 Å². The van der Waals surface area contributed by atoms with Crippen molar-refractivity contribution in [3.63, 3.8) is 0 Å². The molecule has 0 fully saturated rings. The Hall–Kier alpha value is -1.74. The summed E-state index contributed by atoms with van der Waals surface area (Å²) in [7, 11) is 1.92. The molecular formula is C18H25NO2. The number of nitrogens with one attached hydrogen (secondary N) is 1. The quantitative estimate of drug-likeness (QED) is 0.895. The summed E-state index contributed by atoms with van der Waals surface area (Å²) in [4.78, 5) is 0. The fourth-order valence-corrected chi connectivity index (χ4v) is 2.23. The van der Waals surface area contributed by atoms with E-state index in [1.807, 2.05) is 19.2 Å². The number of benzene rings is 1. The maximum Gasteiger partial charge on any atom is 0.146 e. The Balaban J connectivity index is 2.02. The van der Waals surface area contributed by atoms with Crippen LogP contribution in [0.25, 0.3) is 0 Å². The van der Waals surface area contributed by atoms with Crippen LogP contribution in [0.15, 0.2) is 34.9 Å². The van der Waals surface area contributed by atoms with E-state index < -0.39 is 0 Å². The Morgan fingerprint density at radius 3 is 2.57 bits per heavy atom. The monoisotopic (exact) mass is 287 g/mol. The summed E-state index contributed by atoms with van der Waals surface area (Å²) in [5.74, 6) is 1.76. The van der Waals surface area contributed by atoms with E-state index in [-0.39, 0.29) is 5.41 Å². The van der Waals surface area contributed by atoms with Crippen LogP contribution in [0.1, 0.15) is 43.2 Å². The zero-order valence-electron chi connectivity index (χ0n) is 13.6. The molecule has 0 saturated heterocycles. The lowest BCUT2D eigenvalue weighted by Gasteiger charge is -2.20. The molecule has 3 nitrogen and oxygen atoms in total. The molecule has 2 aromatic rings. The second kappa shape index (κ2) is 6.35. The molecule has 0 spiro atoms. The van der Waals surface area contributed by atoms with Crippen molar-refractivity contribution in [1.29, 1.82) is 0 Å². The first kappa shape index (κ1) is 15.6. The van der Waals surface area contributed by atoms with Gasteiger partial charge in [0, 0.05) is 12.1 Å². The van der Waals surface area contributed by atoms with Gasteiger partial charge in [0.1, 0.15) is 18.1 Å². The van der Waals surface area contributed by atoms with Crippen molar-refractivity contribution in [3.05, 3.63) is 53.0 Å². The number of ether oxygens (including phenoxy) is 1. The topological polar surface area (TPSA) is 34.4 Å². The maximum absolute atomic E-state index is 5.87. The van der Waals surface area contributed by atoms with Gasteiger partial charge in [0.15, 0.2) is 0 Å². The van der Waals surface area contributed by atoms with E-state index >= 15 is 0 Å². The molecule has 0 aliphatic heterocycles. The summed E-state index contributed by atoms with van der Waals surface area (Å²) in [6.07, 6.45) is 1.77. The van der Waals surface area contributed by atoms with Gasteiger partial charge in [-0.15, -0.1) is 0 Å². The number of hydrogen-bond acceptors (Lipinski definition) is 3. The molecule has 0 bridgehead atoms. The number of rotatable bonds is 5. The third kappa shape index (κ3) is 4.11. The molecule has 0 amide bonds.